The highest BCUT2D eigenvalue weighted by Gasteiger charge is 2.42. The van der Waals surface area contributed by atoms with Gasteiger partial charge in [-0.25, -0.2) is 4.79 Å². The summed E-state index contributed by atoms with van der Waals surface area (Å²) in [6.07, 6.45) is 8.73. The minimum atomic E-state index is -0.476. The van der Waals surface area contributed by atoms with Gasteiger partial charge in [-0.05, 0) is 93.0 Å². The van der Waals surface area contributed by atoms with Crippen LogP contribution >= 0.6 is 22.9 Å². The van der Waals surface area contributed by atoms with E-state index in [4.69, 9.17) is 17.3 Å². The molecule has 0 saturated carbocycles. The molecule has 266 valence electrons. The number of nitrogens with two attached hydrogens (primary N) is 1. The highest BCUT2D eigenvalue weighted by Crippen LogP contribution is 2.37. The third-order valence-corrected chi connectivity index (χ3v) is 13.4. The summed E-state index contributed by atoms with van der Waals surface area (Å²) in [7, 11) is 2.28. The maximum atomic E-state index is 14.3. The number of urea groups is 1. The van der Waals surface area contributed by atoms with E-state index in [2.05, 4.69) is 33.6 Å². The first kappa shape index (κ1) is 34.6. The molecule has 0 radical (unpaired) electrons. The van der Waals surface area contributed by atoms with Crippen molar-refractivity contribution in [3.8, 4) is 0 Å². The number of rotatable bonds is 8. The van der Waals surface area contributed by atoms with Gasteiger partial charge >= 0.3 is 6.03 Å². The van der Waals surface area contributed by atoms with Crippen molar-refractivity contribution in [2.75, 3.05) is 63.9 Å². The van der Waals surface area contributed by atoms with E-state index in [-0.39, 0.29) is 30.3 Å². The van der Waals surface area contributed by atoms with Crippen molar-refractivity contribution in [1.29, 1.82) is 0 Å². The highest BCUT2D eigenvalue weighted by atomic mass is 35.5. The summed E-state index contributed by atoms with van der Waals surface area (Å²) in [5.74, 6) is -0.405. The Morgan fingerprint density at radius 3 is 2.35 bits per heavy atom. The lowest BCUT2D eigenvalue weighted by Crippen LogP contribution is -2.56. The topological polar surface area (TPSA) is 105 Å². The standard InChI is InChI=1S/C37H52ClN7O3S/c1-3-25-16-24(18-32(38)35(25)39)17-27(36(47)44-14-12-42(13-15-44)31-20-29-4-5-30(21-31)41(29)2)19-34(46)43-9-7-28(8-10-43)45-11-6-26-22-49-23-33(26)40-37(45)48/h16,18,22-23,27-31H,3-15,17,19-21,39H2,1-2H3,(H,40,48)/t27-,29?,30?,31?/m0/s1. The zero-order chi connectivity index (χ0) is 34.2. The number of carbonyl (C=O) groups excluding carboxylic acids is 3. The minimum absolute atomic E-state index is 0.0108. The van der Waals surface area contributed by atoms with Crippen molar-refractivity contribution in [2.24, 2.45) is 5.92 Å². The molecular weight excluding hydrogens is 658 g/mol. The van der Waals surface area contributed by atoms with Crippen LogP contribution in [0.1, 0.15) is 68.6 Å². The fourth-order valence-electron chi connectivity index (χ4n) is 9.20. The number of hydrogen-bond acceptors (Lipinski definition) is 7. The largest absolute Gasteiger partial charge is 0.397 e. The SMILES string of the molecule is CCc1cc(C[C@@H](CC(=O)N2CCC(N3CCc4cscc4NC3=O)CC2)C(=O)N2CCN(C3CC4CCC(C3)N4C)CC2)cc(Cl)c1N. The lowest BCUT2D eigenvalue weighted by Gasteiger charge is -2.45. The number of nitrogens with one attached hydrogen (secondary N) is 1. The Morgan fingerprint density at radius 1 is 0.939 bits per heavy atom. The highest BCUT2D eigenvalue weighted by molar-refractivity contribution is 7.08. The van der Waals surface area contributed by atoms with E-state index in [0.29, 0.717) is 68.0 Å². The molecule has 2 bridgehead atoms. The van der Waals surface area contributed by atoms with Gasteiger partial charge in [-0.1, -0.05) is 24.6 Å². The van der Waals surface area contributed by atoms with Gasteiger partial charge in [-0.3, -0.25) is 14.5 Å². The number of nitrogen functional groups attached to an aromatic ring is 1. The molecule has 6 heterocycles. The normalized spacial score (nSPS) is 26.0. The molecule has 3 N–H and O–H groups in total. The maximum absolute atomic E-state index is 14.3. The number of piperidine rings is 2. The van der Waals surface area contributed by atoms with Crippen LogP contribution < -0.4 is 11.1 Å². The van der Waals surface area contributed by atoms with E-state index in [1.54, 1.807) is 11.3 Å². The van der Waals surface area contributed by atoms with Gasteiger partial charge < -0.3 is 30.7 Å². The number of thiophene rings is 1. The van der Waals surface area contributed by atoms with Gasteiger partial charge in [0.05, 0.1) is 22.3 Å². The van der Waals surface area contributed by atoms with E-state index < -0.39 is 5.92 Å². The molecule has 1 aromatic carbocycles. The molecule has 2 aromatic rings. The Kier molecular flexibility index (Phi) is 10.4. The van der Waals surface area contributed by atoms with Gasteiger partial charge in [0, 0.05) is 81.8 Å². The summed E-state index contributed by atoms with van der Waals surface area (Å²) in [5, 5.41) is 7.68. The number of hydrogen-bond donors (Lipinski definition) is 2. The molecule has 0 spiro atoms. The molecule has 1 aromatic heterocycles. The Balaban J connectivity index is 0.991. The van der Waals surface area contributed by atoms with Crippen LogP contribution in [0.4, 0.5) is 16.2 Å². The van der Waals surface area contributed by atoms with Crippen molar-refractivity contribution in [3.05, 3.63) is 44.6 Å². The fraction of sp³-hybridized carbons (Fsp3) is 0.649. The Morgan fingerprint density at radius 2 is 1.65 bits per heavy atom. The third-order valence-electron chi connectivity index (χ3n) is 12.2. The van der Waals surface area contributed by atoms with Crippen LogP contribution in [-0.2, 0) is 28.9 Å². The molecule has 4 fully saturated rings. The molecule has 2 unspecified atom stereocenters. The molecule has 3 atom stereocenters. The molecule has 4 saturated heterocycles. The van der Waals surface area contributed by atoms with Crippen molar-refractivity contribution in [1.82, 2.24) is 24.5 Å². The number of likely N-dealkylation sites (tertiary alicyclic amines) is 1. The number of piperazine rings is 1. The number of amides is 4. The number of halogens is 1. The molecule has 4 amide bonds. The van der Waals surface area contributed by atoms with E-state index >= 15 is 0 Å². The number of benzene rings is 1. The van der Waals surface area contributed by atoms with Crippen molar-refractivity contribution in [3.63, 3.8) is 0 Å². The number of anilines is 2. The molecule has 49 heavy (non-hydrogen) atoms. The van der Waals surface area contributed by atoms with Crippen LogP contribution in [0.25, 0.3) is 0 Å². The van der Waals surface area contributed by atoms with Gasteiger partial charge in [0.1, 0.15) is 0 Å². The fourth-order valence-corrected chi connectivity index (χ4v) is 10.3. The van der Waals surface area contributed by atoms with Gasteiger partial charge in [0.2, 0.25) is 11.8 Å². The Hall–Kier alpha value is -2.86. The summed E-state index contributed by atoms with van der Waals surface area (Å²) >= 11 is 8.16. The quantitative estimate of drug-likeness (QED) is 0.377. The third kappa shape index (κ3) is 7.32. The van der Waals surface area contributed by atoms with Crippen LogP contribution in [0.5, 0.6) is 0 Å². The second-order valence-electron chi connectivity index (χ2n) is 14.9. The van der Waals surface area contributed by atoms with E-state index in [1.165, 1.54) is 31.2 Å². The van der Waals surface area contributed by atoms with Gasteiger partial charge in [-0.2, -0.15) is 0 Å². The lowest BCUT2D eigenvalue weighted by molar-refractivity contribution is -0.143. The Bertz CT molecular complexity index is 1520. The van der Waals surface area contributed by atoms with Gasteiger partial charge in [0.25, 0.3) is 0 Å². The first-order chi connectivity index (χ1) is 23.7. The minimum Gasteiger partial charge on any atom is -0.397 e. The van der Waals surface area contributed by atoms with Crippen molar-refractivity contribution < 1.29 is 14.4 Å². The number of aryl methyl sites for hydroxylation is 1. The predicted octanol–water partition coefficient (Wildman–Crippen LogP) is 4.95. The van der Waals surface area contributed by atoms with Crippen LogP contribution in [0, 0.1) is 5.92 Å². The lowest BCUT2D eigenvalue weighted by atomic mass is 9.91. The molecule has 7 rings (SSSR count). The maximum Gasteiger partial charge on any atom is 0.322 e. The molecule has 5 aliphatic heterocycles. The second-order valence-corrected chi connectivity index (χ2v) is 16.1. The van der Waals surface area contributed by atoms with E-state index in [0.717, 1.165) is 55.6 Å². The Labute approximate surface area is 299 Å². The zero-order valence-electron chi connectivity index (χ0n) is 29.0. The average Bonchev–Trinajstić information content (AvgIpc) is 3.56. The number of nitrogens with zero attached hydrogens (tertiary/aromatic N) is 5. The van der Waals surface area contributed by atoms with Gasteiger partial charge in [0.15, 0.2) is 0 Å². The zero-order valence-corrected chi connectivity index (χ0v) is 30.6. The first-order valence-corrected chi connectivity index (χ1v) is 19.7. The van der Waals surface area contributed by atoms with Gasteiger partial charge in [-0.15, -0.1) is 11.3 Å². The number of carbonyl (C=O) groups is 3. The summed E-state index contributed by atoms with van der Waals surface area (Å²) in [6.45, 7) is 7.07. The average molecular weight is 710 g/mol. The summed E-state index contributed by atoms with van der Waals surface area (Å²) < 4.78 is 0. The molecular formula is C37H52ClN7O3S. The van der Waals surface area contributed by atoms with E-state index in [1.807, 2.05) is 33.1 Å². The summed E-state index contributed by atoms with van der Waals surface area (Å²) in [6, 6.07) is 5.94. The number of fused-ring (bicyclic) bond motifs is 3. The summed E-state index contributed by atoms with van der Waals surface area (Å²) in [4.78, 5) is 52.3. The monoisotopic (exact) mass is 709 g/mol. The first-order valence-electron chi connectivity index (χ1n) is 18.4. The van der Waals surface area contributed by atoms with Crippen molar-refractivity contribution >= 4 is 52.2 Å². The van der Waals surface area contributed by atoms with E-state index in [9.17, 15) is 14.4 Å². The van der Waals surface area contributed by atoms with Crippen LogP contribution in [-0.4, -0.2) is 119 Å². The second kappa shape index (κ2) is 14.8. The van der Waals surface area contributed by atoms with Crippen molar-refractivity contribution in [2.45, 2.75) is 95.3 Å². The molecule has 0 aliphatic carbocycles. The van der Waals surface area contributed by atoms with Crippen LogP contribution in [0.2, 0.25) is 5.02 Å². The van der Waals surface area contributed by atoms with Crippen LogP contribution in [0.3, 0.4) is 0 Å². The molecule has 10 nitrogen and oxygen atoms in total. The molecule has 5 aliphatic rings. The van der Waals surface area contributed by atoms with Crippen LogP contribution in [0.15, 0.2) is 22.9 Å². The smallest absolute Gasteiger partial charge is 0.322 e. The molecule has 12 heteroatoms. The predicted molar refractivity (Wildman–Crippen MR) is 196 cm³/mol. The summed E-state index contributed by atoms with van der Waals surface area (Å²) in [5.41, 5.74) is 10.9.